The molecule has 4 rings (SSSR count). The zero-order valence-electron chi connectivity index (χ0n) is 18.1. The van der Waals surface area contributed by atoms with E-state index in [0.29, 0.717) is 12.8 Å². The minimum atomic E-state index is -1.70. The molecule has 9 unspecified atom stereocenters. The average molecular weight is 413 g/mol. The van der Waals surface area contributed by atoms with Crippen LogP contribution in [0, 0.1) is 28.6 Å². The molecule has 29 heavy (non-hydrogen) atoms. The Morgan fingerprint density at radius 1 is 0.966 bits per heavy atom. The first kappa shape index (κ1) is 21.5. The molecule has 4 aliphatic rings. The smallest absolute Gasteiger partial charge is 0.302 e. The molecule has 7 nitrogen and oxygen atoms in total. The molecule has 0 amide bonds. The number of ether oxygens (including phenoxy) is 1. The zero-order valence-corrected chi connectivity index (χ0v) is 18.1. The summed E-state index contributed by atoms with van der Waals surface area (Å²) >= 11 is 0. The molecule has 0 radical (unpaired) electrons. The van der Waals surface area contributed by atoms with Gasteiger partial charge in [0.15, 0.2) is 0 Å². The van der Waals surface area contributed by atoms with E-state index in [9.17, 15) is 30.3 Å². The summed E-state index contributed by atoms with van der Waals surface area (Å²) < 4.78 is 5.75. The summed E-state index contributed by atoms with van der Waals surface area (Å²) in [6.07, 6.45) is -0.985. The van der Waals surface area contributed by atoms with Crippen LogP contribution in [0.15, 0.2) is 0 Å². The van der Waals surface area contributed by atoms with Crippen LogP contribution in [-0.2, 0) is 9.53 Å². The predicted octanol–water partition coefficient (Wildman–Crippen LogP) is 0.739. The molecule has 4 fully saturated rings. The number of fused-ring (bicyclic) bond motifs is 2. The van der Waals surface area contributed by atoms with Crippen molar-refractivity contribution in [1.82, 2.24) is 0 Å². The van der Waals surface area contributed by atoms with Crippen LogP contribution in [0.4, 0.5) is 0 Å². The Morgan fingerprint density at radius 3 is 2.17 bits per heavy atom. The molecule has 0 aromatic rings. The van der Waals surface area contributed by atoms with Gasteiger partial charge in [0, 0.05) is 29.6 Å². The van der Waals surface area contributed by atoms with Crippen molar-refractivity contribution in [2.75, 3.05) is 0 Å². The number of carbonyl (C=O) groups is 1. The fraction of sp³-hybridized carbons (Fsp3) is 0.955. The average Bonchev–Trinajstić information content (AvgIpc) is 2.80. The Kier molecular flexibility index (Phi) is 4.41. The number of esters is 1. The highest BCUT2D eigenvalue weighted by Crippen LogP contribution is 2.70. The number of hydrogen-bond acceptors (Lipinski definition) is 7. The van der Waals surface area contributed by atoms with Crippen molar-refractivity contribution >= 4 is 5.97 Å². The molecule has 2 bridgehead atoms. The fourth-order valence-electron chi connectivity index (χ4n) is 8.14. The van der Waals surface area contributed by atoms with Crippen molar-refractivity contribution in [3.63, 3.8) is 0 Å². The molecule has 5 N–H and O–H groups in total. The lowest BCUT2D eigenvalue weighted by Gasteiger charge is -2.51. The van der Waals surface area contributed by atoms with Gasteiger partial charge < -0.3 is 30.3 Å². The third kappa shape index (κ3) is 2.45. The van der Waals surface area contributed by atoms with Gasteiger partial charge in [-0.1, -0.05) is 13.8 Å². The fourth-order valence-corrected chi connectivity index (χ4v) is 8.14. The number of aliphatic hydroxyl groups is 5. The summed E-state index contributed by atoms with van der Waals surface area (Å²) in [5, 5.41) is 57.0. The molecular formula is C22H36O7. The number of carbonyl (C=O) groups excluding carboxylic acids is 1. The Labute approximate surface area is 172 Å². The van der Waals surface area contributed by atoms with E-state index in [2.05, 4.69) is 0 Å². The van der Waals surface area contributed by atoms with E-state index in [1.807, 2.05) is 0 Å². The van der Waals surface area contributed by atoms with Gasteiger partial charge in [-0.3, -0.25) is 4.79 Å². The molecule has 7 heteroatoms. The van der Waals surface area contributed by atoms with Crippen LogP contribution in [-0.4, -0.2) is 66.6 Å². The molecule has 1 spiro atoms. The highest BCUT2D eigenvalue weighted by molar-refractivity contribution is 5.66. The third-order valence-electron chi connectivity index (χ3n) is 9.52. The van der Waals surface area contributed by atoms with E-state index in [4.69, 9.17) is 4.74 Å². The monoisotopic (exact) mass is 412 g/mol. The largest absolute Gasteiger partial charge is 0.462 e. The summed E-state index contributed by atoms with van der Waals surface area (Å²) in [4.78, 5) is 11.9. The van der Waals surface area contributed by atoms with Crippen molar-refractivity contribution in [1.29, 1.82) is 0 Å². The van der Waals surface area contributed by atoms with Gasteiger partial charge >= 0.3 is 5.97 Å². The molecule has 4 saturated carbocycles. The number of rotatable bonds is 1. The van der Waals surface area contributed by atoms with Gasteiger partial charge in [0.25, 0.3) is 0 Å². The lowest BCUT2D eigenvalue weighted by Crippen LogP contribution is -2.60. The number of hydrogen-bond donors (Lipinski definition) is 5. The summed E-state index contributed by atoms with van der Waals surface area (Å²) in [6.45, 7) is 8.20. The molecule has 0 saturated heterocycles. The molecule has 0 aromatic heterocycles. The van der Waals surface area contributed by atoms with Crippen LogP contribution >= 0.6 is 0 Å². The molecule has 10 atom stereocenters. The van der Waals surface area contributed by atoms with E-state index < -0.39 is 57.8 Å². The second kappa shape index (κ2) is 5.94. The topological polar surface area (TPSA) is 127 Å². The summed E-state index contributed by atoms with van der Waals surface area (Å²) in [6, 6.07) is 0. The first-order valence-electron chi connectivity index (χ1n) is 10.8. The van der Waals surface area contributed by atoms with Crippen LogP contribution in [0.5, 0.6) is 0 Å². The van der Waals surface area contributed by atoms with Crippen LogP contribution in [0.25, 0.3) is 0 Å². The molecule has 0 heterocycles. The van der Waals surface area contributed by atoms with Gasteiger partial charge in [-0.2, -0.15) is 0 Å². The van der Waals surface area contributed by atoms with Crippen LogP contribution < -0.4 is 0 Å². The standard InChI is InChI=1S/C22H36O7/c1-11(23)29-17-12-6-7-13-20(5,27)14-8-15(24)18(2,3)22(14,28)16(25)9-21(13,17)10-19(12,4)26/h12-17,24-28H,6-10H2,1-5H3/t12?,13?,14?,15?,16?,17-,19?,20?,21?,22?/m0/s1. The van der Waals surface area contributed by atoms with E-state index in [1.54, 1.807) is 27.7 Å². The van der Waals surface area contributed by atoms with E-state index in [-0.39, 0.29) is 31.1 Å². The maximum absolute atomic E-state index is 11.9. The first-order chi connectivity index (χ1) is 13.1. The predicted molar refractivity (Wildman–Crippen MR) is 104 cm³/mol. The number of aliphatic hydroxyl groups excluding tert-OH is 2. The van der Waals surface area contributed by atoms with Crippen LogP contribution in [0.1, 0.15) is 66.7 Å². The third-order valence-corrected chi connectivity index (χ3v) is 9.52. The second-order valence-electron chi connectivity index (χ2n) is 11.3. The van der Waals surface area contributed by atoms with Gasteiger partial charge in [-0.25, -0.2) is 0 Å². The quantitative estimate of drug-likeness (QED) is 0.402. The summed E-state index contributed by atoms with van der Waals surface area (Å²) in [5.41, 5.74) is -6.08. The van der Waals surface area contributed by atoms with Crippen molar-refractivity contribution in [2.24, 2.45) is 28.6 Å². The minimum absolute atomic E-state index is 0.0988. The van der Waals surface area contributed by atoms with Crippen LogP contribution in [0.2, 0.25) is 0 Å². The highest BCUT2D eigenvalue weighted by atomic mass is 16.5. The molecule has 0 aliphatic heterocycles. The Balaban J connectivity index is 1.90. The van der Waals surface area contributed by atoms with Crippen molar-refractivity contribution in [2.45, 2.75) is 102 Å². The molecule has 0 aromatic carbocycles. The normalized spacial score (nSPS) is 58.3. The maximum atomic E-state index is 11.9. The van der Waals surface area contributed by atoms with Gasteiger partial charge in [0.05, 0.1) is 23.4 Å². The molecule has 4 aliphatic carbocycles. The van der Waals surface area contributed by atoms with Crippen molar-refractivity contribution in [3.05, 3.63) is 0 Å². The maximum Gasteiger partial charge on any atom is 0.302 e. The second-order valence-corrected chi connectivity index (χ2v) is 11.3. The van der Waals surface area contributed by atoms with Crippen molar-refractivity contribution in [3.8, 4) is 0 Å². The van der Waals surface area contributed by atoms with E-state index in [1.165, 1.54) is 6.92 Å². The summed E-state index contributed by atoms with van der Waals surface area (Å²) in [5.74, 6) is -1.86. The van der Waals surface area contributed by atoms with Gasteiger partial charge in [-0.15, -0.1) is 0 Å². The Bertz CT molecular complexity index is 716. The van der Waals surface area contributed by atoms with E-state index >= 15 is 0 Å². The SMILES string of the molecule is CC(=O)O[C@H]1C2CCC3C(C)(O)C4CC(O)C(C)(C)C4(O)C(O)CC31CC2(C)O. The van der Waals surface area contributed by atoms with E-state index in [0.717, 1.165) is 0 Å². The Morgan fingerprint density at radius 2 is 1.59 bits per heavy atom. The highest BCUT2D eigenvalue weighted by Gasteiger charge is 2.77. The molecule has 166 valence electrons. The first-order valence-corrected chi connectivity index (χ1v) is 10.8. The van der Waals surface area contributed by atoms with Gasteiger partial charge in [-0.05, 0) is 51.9 Å². The zero-order chi connectivity index (χ0) is 21.8. The lowest BCUT2D eigenvalue weighted by atomic mass is 9.57. The molecular weight excluding hydrogens is 376 g/mol. The minimum Gasteiger partial charge on any atom is -0.462 e. The van der Waals surface area contributed by atoms with Gasteiger partial charge in [0.1, 0.15) is 11.7 Å². The van der Waals surface area contributed by atoms with Crippen molar-refractivity contribution < 1.29 is 35.1 Å². The lowest BCUT2D eigenvalue weighted by molar-refractivity contribution is -0.202. The summed E-state index contributed by atoms with van der Waals surface area (Å²) in [7, 11) is 0. The van der Waals surface area contributed by atoms with Gasteiger partial charge in [0.2, 0.25) is 0 Å². The van der Waals surface area contributed by atoms with Crippen LogP contribution in [0.3, 0.4) is 0 Å². The Hall–Kier alpha value is -0.730.